The SMILES string of the molecule is COCCCN(CC(=O)N1CCc2sccc2C1c1ccccc1)S(=O)(=O)c1ccc(Cl)cc1. The van der Waals surface area contributed by atoms with Gasteiger partial charge in [-0.25, -0.2) is 8.42 Å². The topological polar surface area (TPSA) is 66.9 Å². The third kappa shape index (κ3) is 5.37. The number of carbonyl (C=O) groups is 1. The second-order valence-corrected chi connectivity index (χ2v) is 11.5. The number of rotatable bonds is 9. The number of sulfonamides is 1. The lowest BCUT2D eigenvalue weighted by Gasteiger charge is -2.37. The third-order valence-electron chi connectivity index (χ3n) is 5.92. The number of carbonyl (C=O) groups excluding carboxylic acids is 1. The summed E-state index contributed by atoms with van der Waals surface area (Å²) in [6, 6.07) is 17.7. The fraction of sp³-hybridized carbons (Fsp3) is 0.320. The maximum absolute atomic E-state index is 13.7. The van der Waals surface area contributed by atoms with Crippen LogP contribution in [0.3, 0.4) is 0 Å². The maximum Gasteiger partial charge on any atom is 0.243 e. The number of benzene rings is 2. The molecular weight excluding hydrogens is 492 g/mol. The fourth-order valence-electron chi connectivity index (χ4n) is 4.25. The summed E-state index contributed by atoms with van der Waals surface area (Å²) < 4.78 is 33.2. The Labute approximate surface area is 209 Å². The van der Waals surface area contributed by atoms with E-state index in [0.717, 1.165) is 17.5 Å². The Morgan fingerprint density at radius 1 is 1.15 bits per heavy atom. The molecule has 1 unspecified atom stereocenters. The van der Waals surface area contributed by atoms with Crippen molar-refractivity contribution in [2.75, 3.05) is 33.4 Å². The van der Waals surface area contributed by atoms with E-state index in [-0.39, 0.29) is 29.9 Å². The standard InChI is InChI=1S/C25H27ClN2O4S2/c1-32-16-5-14-27(34(30,31)21-10-8-20(26)9-11-21)18-24(29)28-15-12-23-22(13-17-33-23)25(28)19-6-3-2-4-7-19/h2-4,6-11,13,17,25H,5,12,14-16,18H2,1H3. The van der Waals surface area contributed by atoms with Crippen LogP contribution in [0, 0.1) is 0 Å². The van der Waals surface area contributed by atoms with Crippen molar-refractivity contribution in [1.82, 2.24) is 9.21 Å². The van der Waals surface area contributed by atoms with Crippen LogP contribution in [0.25, 0.3) is 0 Å². The van der Waals surface area contributed by atoms with Gasteiger partial charge in [0.1, 0.15) is 0 Å². The van der Waals surface area contributed by atoms with Gasteiger partial charge >= 0.3 is 0 Å². The quantitative estimate of drug-likeness (QED) is 0.388. The Morgan fingerprint density at radius 2 is 1.88 bits per heavy atom. The van der Waals surface area contributed by atoms with Gasteiger partial charge in [-0.15, -0.1) is 11.3 Å². The van der Waals surface area contributed by atoms with Crippen LogP contribution in [-0.2, 0) is 26.0 Å². The molecule has 0 spiro atoms. The predicted octanol–water partition coefficient (Wildman–Crippen LogP) is 4.60. The maximum atomic E-state index is 13.7. The molecule has 1 amide bonds. The van der Waals surface area contributed by atoms with Crippen LogP contribution in [0.4, 0.5) is 0 Å². The number of ether oxygens (including phenoxy) is 1. The molecule has 4 rings (SSSR count). The van der Waals surface area contributed by atoms with Crippen LogP contribution < -0.4 is 0 Å². The minimum Gasteiger partial charge on any atom is -0.385 e. The first-order valence-corrected chi connectivity index (χ1v) is 13.8. The van der Waals surface area contributed by atoms with Gasteiger partial charge in [-0.1, -0.05) is 41.9 Å². The summed E-state index contributed by atoms with van der Waals surface area (Å²) in [7, 11) is -2.32. The summed E-state index contributed by atoms with van der Waals surface area (Å²) in [5.74, 6) is -0.222. The van der Waals surface area contributed by atoms with Gasteiger partial charge in [0.25, 0.3) is 0 Å². The lowest BCUT2D eigenvalue weighted by Crippen LogP contribution is -2.47. The molecule has 0 saturated carbocycles. The summed E-state index contributed by atoms with van der Waals surface area (Å²) in [6.45, 7) is 0.879. The summed E-state index contributed by atoms with van der Waals surface area (Å²) in [6.07, 6.45) is 1.24. The van der Waals surface area contributed by atoms with E-state index in [9.17, 15) is 13.2 Å². The summed E-state index contributed by atoms with van der Waals surface area (Å²) in [5, 5.41) is 2.50. The molecule has 1 aliphatic rings. The van der Waals surface area contributed by atoms with Crippen LogP contribution in [-0.4, -0.2) is 56.9 Å². The zero-order valence-electron chi connectivity index (χ0n) is 18.9. The molecule has 0 radical (unpaired) electrons. The van der Waals surface area contributed by atoms with Crippen LogP contribution in [0.15, 0.2) is 70.9 Å². The Balaban J connectivity index is 1.63. The first-order chi connectivity index (χ1) is 16.4. The Kier molecular flexibility index (Phi) is 8.06. The van der Waals surface area contributed by atoms with E-state index in [1.165, 1.54) is 33.4 Å². The van der Waals surface area contributed by atoms with Crippen molar-refractivity contribution >= 4 is 38.9 Å². The number of amides is 1. The van der Waals surface area contributed by atoms with Crippen LogP contribution >= 0.6 is 22.9 Å². The van der Waals surface area contributed by atoms with Gasteiger partial charge in [-0.2, -0.15) is 4.31 Å². The van der Waals surface area contributed by atoms with Crippen molar-refractivity contribution in [1.29, 1.82) is 0 Å². The first-order valence-electron chi connectivity index (χ1n) is 11.1. The molecule has 6 nitrogen and oxygen atoms in total. The molecule has 1 atom stereocenters. The van der Waals surface area contributed by atoms with E-state index >= 15 is 0 Å². The van der Waals surface area contributed by atoms with Crippen LogP contribution in [0.1, 0.15) is 28.5 Å². The average Bonchev–Trinajstić information content (AvgIpc) is 3.32. The fourth-order valence-corrected chi connectivity index (χ4v) is 6.70. The normalized spacial score (nSPS) is 16.0. The number of fused-ring (bicyclic) bond motifs is 1. The molecule has 0 fully saturated rings. The van der Waals surface area contributed by atoms with Gasteiger partial charge in [-0.05, 0) is 59.7 Å². The Morgan fingerprint density at radius 3 is 2.59 bits per heavy atom. The summed E-state index contributed by atoms with van der Waals surface area (Å²) >= 11 is 7.65. The predicted molar refractivity (Wildman–Crippen MR) is 135 cm³/mol. The van der Waals surface area contributed by atoms with Crippen molar-refractivity contribution in [2.24, 2.45) is 0 Å². The number of thiophene rings is 1. The van der Waals surface area contributed by atoms with Crippen molar-refractivity contribution in [3.05, 3.63) is 87.1 Å². The summed E-state index contributed by atoms with van der Waals surface area (Å²) in [5.41, 5.74) is 2.13. The van der Waals surface area contributed by atoms with E-state index in [1.807, 2.05) is 35.2 Å². The number of halogens is 1. The van der Waals surface area contributed by atoms with Crippen molar-refractivity contribution in [2.45, 2.75) is 23.8 Å². The summed E-state index contributed by atoms with van der Waals surface area (Å²) in [4.78, 5) is 16.8. The van der Waals surface area contributed by atoms with Gasteiger partial charge in [0.2, 0.25) is 15.9 Å². The Bertz CT molecular complexity index is 1210. The first kappa shape index (κ1) is 24.9. The van der Waals surface area contributed by atoms with Crippen LogP contribution in [0.5, 0.6) is 0 Å². The molecule has 9 heteroatoms. The number of hydrogen-bond acceptors (Lipinski definition) is 5. The second kappa shape index (κ2) is 11.0. The molecule has 2 aromatic carbocycles. The van der Waals surface area contributed by atoms with Gasteiger partial charge in [-0.3, -0.25) is 4.79 Å². The molecule has 1 aliphatic heterocycles. The molecule has 3 aromatic rings. The average molecular weight is 519 g/mol. The molecule has 0 N–H and O–H groups in total. The largest absolute Gasteiger partial charge is 0.385 e. The molecule has 2 heterocycles. The highest BCUT2D eigenvalue weighted by molar-refractivity contribution is 7.89. The van der Waals surface area contributed by atoms with Crippen molar-refractivity contribution < 1.29 is 17.9 Å². The zero-order valence-corrected chi connectivity index (χ0v) is 21.3. The van der Waals surface area contributed by atoms with Crippen LogP contribution in [0.2, 0.25) is 5.02 Å². The number of methoxy groups -OCH3 is 1. The van der Waals surface area contributed by atoms with Gasteiger partial charge in [0.15, 0.2) is 0 Å². The smallest absolute Gasteiger partial charge is 0.243 e. The highest BCUT2D eigenvalue weighted by Crippen LogP contribution is 2.38. The van der Waals surface area contributed by atoms with E-state index < -0.39 is 10.0 Å². The number of nitrogens with zero attached hydrogens (tertiary/aromatic N) is 2. The van der Waals surface area contributed by atoms with E-state index in [0.29, 0.717) is 24.6 Å². The molecule has 0 saturated heterocycles. The molecule has 180 valence electrons. The monoisotopic (exact) mass is 518 g/mol. The van der Waals surface area contributed by atoms with Crippen molar-refractivity contribution in [3.8, 4) is 0 Å². The lowest BCUT2D eigenvalue weighted by molar-refractivity contribution is -0.133. The second-order valence-electron chi connectivity index (χ2n) is 8.09. The zero-order chi connectivity index (χ0) is 24.1. The van der Waals surface area contributed by atoms with Gasteiger partial charge in [0.05, 0.1) is 17.5 Å². The highest BCUT2D eigenvalue weighted by atomic mass is 35.5. The van der Waals surface area contributed by atoms with E-state index in [2.05, 4.69) is 11.4 Å². The van der Waals surface area contributed by atoms with Crippen molar-refractivity contribution in [3.63, 3.8) is 0 Å². The number of hydrogen-bond donors (Lipinski definition) is 0. The van der Waals surface area contributed by atoms with Gasteiger partial charge in [0, 0.05) is 36.7 Å². The minimum atomic E-state index is -3.89. The molecule has 34 heavy (non-hydrogen) atoms. The molecule has 1 aromatic heterocycles. The Hall–Kier alpha value is -2.23. The van der Waals surface area contributed by atoms with E-state index in [1.54, 1.807) is 18.4 Å². The molecular formula is C25H27ClN2O4S2. The molecule has 0 aliphatic carbocycles. The minimum absolute atomic E-state index is 0.112. The lowest BCUT2D eigenvalue weighted by atomic mass is 9.93. The highest BCUT2D eigenvalue weighted by Gasteiger charge is 2.35. The third-order valence-corrected chi connectivity index (χ3v) is 9.03. The molecule has 0 bridgehead atoms. The van der Waals surface area contributed by atoms with E-state index in [4.69, 9.17) is 16.3 Å². The van der Waals surface area contributed by atoms with Gasteiger partial charge < -0.3 is 9.64 Å².